The molecule has 0 radical (unpaired) electrons. The predicted octanol–water partition coefficient (Wildman–Crippen LogP) is 4.01. The Kier molecular flexibility index (Phi) is 3.07. The molecule has 0 amide bonds. The maximum Gasteiger partial charge on any atom is 0.189 e. The molecule has 0 aromatic heterocycles. The van der Waals surface area contributed by atoms with Crippen LogP contribution in [0.2, 0.25) is 5.02 Å². The number of halogens is 2. The molecule has 0 fully saturated rings. The van der Waals surface area contributed by atoms with Gasteiger partial charge in [0.15, 0.2) is 5.78 Å². The highest BCUT2D eigenvalue weighted by Crippen LogP contribution is 2.30. The van der Waals surface area contributed by atoms with E-state index in [9.17, 15) is 14.3 Å². The zero-order valence-corrected chi connectivity index (χ0v) is 11.1. The Hall–Kier alpha value is -2.13. The Morgan fingerprint density at radius 3 is 2.75 bits per heavy atom. The first kappa shape index (κ1) is 12.9. The highest BCUT2D eigenvalue weighted by molar-refractivity contribution is 6.30. The first-order valence-electron chi connectivity index (χ1n) is 6.07. The Balaban J connectivity index is 1.99. The number of ketones is 1. The van der Waals surface area contributed by atoms with Crippen LogP contribution >= 0.6 is 11.6 Å². The van der Waals surface area contributed by atoms with Gasteiger partial charge in [-0.3, -0.25) is 4.79 Å². The van der Waals surface area contributed by atoms with E-state index >= 15 is 0 Å². The number of rotatable bonds is 1. The van der Waals surface area contributed by atoms with Crippen molar-refractivity contribution in [2.24, 2.45) is 0 Å². The molecule has 0 saturated heterocycles. The van der Waals surface area contributed by atoms with Gasteiger partial charge in [0.1, 0.15) is 11.6 Å². The highest BCUT2D eigenvalue weighted by atomic mass is 35.5. The van der Waals surface area contributed by atoms with E-state index in [1.54, 1.807) is 24.3 Å². The van der Waals surface area contributed by atoms with E-state index in [1.165, 1.54) is 18.2 Å². The number of phenolic OH excluding ortho intramolecular Hbond substituents is 1. The van der Waals surface area contributed by atoms with E-state index in [0.29, 0.717) is 23.1 Å². The van der Waals surface area contributed by atoms with E-state index in [-0.39, 0.29) is 16.6 Å². The van der Waals surface area contributed by atoms with Crippen LogP contribution in [0.5, 0.6) is 5.75 Å². The summed E-state index contributed by atoms with van der Waals surface area (Å²) in [4.78, 5) is 12.2. The van der Waals surface area contributed by atoms with Crippen molar-refractivity contribution < 1.29 is 14.3 Å². The lowest BCUT2D eigenvalue weighted by atomic mass is 10.1. The van der Waals surface area contributed by atoms with E-state index in [2.05, 4.69) is 0 Å². The fraction of sp³-hybridized carbons (Fsp3) is 0.0625. The van der Waals surface area contributed by atoms with Crippen molar-refractivity contribution in [2.75, 3.05) is 0 Å². The van der Waals surface area contributed by atoms with E-state index in [4.69, 9.17) is 11.6 Å². The molecule has 0 atom stereocenters. The van der Waals surface area contributed by atoms with Crippen molar-refractivity contribution in [1.82, 2.24) is 0 Å². The summed E-state index contributed by atoms with van der Waals surface area (Å²) in [6.07, 6.45) is 2.09. The van der Waals surface area contributed by atoms with Crippen LogP contribution in [0, 0.1) is 5.82 Å². The molecule has 0 spiro atoms. The van der Waals surface area contributed by atoms with Gasteiger partial charge in [0.05, 0.1) is 5.02 Å². The number of phenols is 1. The first-order valence-corrected chi connectivity index (χ1v) is 6.44. The number of fused-ring (bicyclic) bond motifs is 1. The van der Waals surface area contributed by atoms with Gasteiger partial charge in [0, 0.05) is 17.6 Å². The average Bonchev–Trinajstić information content (AvgIpc) is 2.70. The monoisotopic (exact) mass is 288 g/mol. The molecule has 2 aromatic carbocycles. The van der Waals surface area contributed by atoms with Crippen LogP contribution in [0.3, 0.4) is 0 Å². The fourth-order valence-corrected chi connectivity index (χ4v) is 2.44. The lowest BCUT2D eigenvalue weighted by Crippen LogP contribution is -1.95. The molecule has 0 unspecified atom stereocenters. The topological polar surface area (TPSA) is 37.3 Å². The summed E-state index contributed by atoms with van der Waals surface area (Å²) in [5, 5.41) is 9.48. The Morgan fingerprint density at radius 2 is 2.00 bits per heavy atom. The highest BCUT2D eigenvalue weighted by Gasteiger charge is 2.24. The lowest BCUT2D eigenvalue weighted by molar-refractivity contribution is 0.104. The minimum Gasteiger partial charge on any atom is -0.508 e. The minimum absolute atomic E-state index is 0.0538. The van der Waals surface area contributed by atoms with Crippen LogP contribution < -0.4 is 0 Å². The fourth-order valence-electron chi connectivity index (χ4n) is 2.33. The second-order valence-electron chi connectivity index (χ2n) is 4.69. The Morgan fingerprint density at radius 1 is 1.20 bits per heavy atom. The molecule has 0 saturated carbocycles. The molecule has 100 valence electrons. The van der Waals surface area contributed by atoms with Crippen LogP contribution in [0.25, 0.3) is 6.08 Å². The number of hydrogen-bond donors (Lipinski definition) is 1. The van der Waals surface area contributed by atoms with Crippen molar-refractivity contribution in [3.05, 3.63) is 69.5 Å². The standard InChI is InChI=1S/C16H10ClFO2/c17-14-4-1-9(6-15(14)18)5-11-7-10-8-12(19)2-3-13(10)16(11)20/h1-6,8,19H,7H2/b11-5+. The number of aromatic hydroxyl groups is 1. The molecule has 4 heteroatoms. The van der Waals surface area contributed by atoms with Gasteiger partial charge >= 0.3 is 0 Å². The largest absolute Gasteiger partial charge is 0.508 e. The molecule has 1 aliphatic carbocycles. The zero-order chi connectivity index (χ0) is 14.3. The molecular weight excluding hydrogens is 279 g/mol. The van der Waals surface area contributed by atoms with Gasteiger partial charge in [-0.1, -0.05) is 17.7 Å². The van der Waals surface area contributed by atoms with Crippen LogP contribution in [-0.4, -0.2) is 10.9 Å². The quantitative estimate of drug-likeness (QED) is 0.805. The normalized spacial score (nSPS) is 15.7. The zero-order valence-electron chi connectivity index (χ0n) is 10.4. The molecule has 0 bridgehead atoms. The van der Waals surface area contributed by atoms with Crippen LogP contribution in [-0.2, 0) is 6.42 Å². The molecule has 20 heavy (non-hydrogen) atoms. The molecule has 0 heterocycles. The number of allylic oxidation sites excluding steroid dienone is 1. The van der Waals surface area contributed by atoms with Crippen molar-refractivity contribution >= 4 is 23.5 Å². The SMILES string of the molecule is O=C1/C(=C/c2ccc(Cl)c(F)c2)Cc2cc(O)ccc21. The van der Waals surface area contributed by atoms with Gasteiger partial charge < -0.3 is 5.11 Å². The number of carbonyl (C=O) groups excluding carboxylic acids is 1. The third-order valence-electron chi connectivity index (χ3n) is 3.29. The van der Waals surface area contributed by atoms with Crippen molar-refractivity contribution in [1.29, 1.82) is 0 Å². The van der Waals surface area contributed by atoms with Gasteiger partial charge in [-0.15, -0.1) is 0 Å². The van der Waals surface area contributed by atoms with Crippen molar-refractivity contribution in [3.8, 4) is 5.75 Å². The predicted molar refractivity (Wildman–Crippen MR) is 75.5 cm³/mol. The Bertz CT molecular complexity index is 750. The van der Waals surface area contributed by atoms with E-state index in [1.807, 2.05) is 0 Å². The smallest absolute Gasteiger partial charge is 0.189 e. The second kappa shape index (κ2) is 4.76. The van der Waals surface area contributed by atoms with Gasteiger partial charge in [0.25, 0.3) is 0 Å². The number of benzene rings is 2. The number of carbonyl (C=O) groups is 1. The summed E-state index contributed by atoms with van der Waals surface area (Å²) in [6.45, 7) is 0. The van der Waals surface area contributed by atoms with Crippen LogP contribution in [0.4, 0.5) is 4.39 Å². The molecule has 2 aromatic rings. The third-order valence-corrected chi connectivity index (χ3v) is 3.60. The third kappa shape index (κ3) is 2.21. The molecular formula is C16H10ClFO2. The van der Waals surface area contributed by atoms with Crippen molar-refractivity contribution in [3.63, 3.8) is 0 Å². The molecule has 2 nitrogen and oxygen atoms in total. The summed E-state index contributed by atoms with van der Waals surface area (Å²) in [5.74, 6) is -0.465. The summed E-state index contributed by atoms with van der Waals surface area (Å²) in [6, 6.07) is 9.09. The molecule has 1 N–H and O–H groups in total. The minimum atomic E-state index is -0.512. The van der Waals surface area contributed by atoms with Gasteiger partial charge in [-0.2, -0.15) is 0 Å². The first-order chi connectivity index (χ1) is 9.54. The summed E-state index contributed by atoms with van der Waals surface area (Å²) < 4.78 is 13.4. The maximum absolute atomic E-state index is 13.4. The van der Waals surface area contributed by atoms with E-state index in [0.717, 1.165) is 5.56 Å². The van der Waals surface area contributed by atoms with E-state index < -0.39 is 5.82 Å². The van der Waals surface area contributed by atoms with Gasteiger partial charge in [-0.25, -0.2) is 4.39 Å². The van der Waals surface area contributed by atoms with Crippen LogP contribution in [0.15, 0.2) is 42.0 Å². The molecule has 1 aliphatic rings. The van der Waals surface area contributed by atoms with Crippen LogP contribution in [0.1, 0.15) is 21.5 Å². The lowest BCUT2D eigenvalue weighted by Gasteiger charge is -1.99. The van der Waals surface area contributed by atoms with Gasteiger partial charge in [-0.05, 0) is 47.5 Å². The molecule has 0 aliphatic heterocycles. The van der Waals surface area contributed by atoms with Crippen molar-refractivity contribution in [2.45, 2.75) is 6.42 Å². The summed E-state index contributed by atoms with van der Waals surface area (Å²) in [7, 11) is 0. The summed E-state index contributed by atoms with van der Waals surface area (Å²) >= 11 is 5.63. The maximum atomic E-state index is 13.4. The Labute approximate surface area is 120 Å². The number of Topliss-reactive ketones (excluding diaryl/α,β-unsaturated/α-hetero) is 1. The second-order valence-corrected chi connectivity index (χ2v) is 5.10. The average molecular weight is 289 g/mol. The van der Waals surface area contributed by atoms with Gasteiger partial charge in [0.2, 0.25) is 0 Å². The molecule has 3 rings (SSSR count). The summed E-state index contributed by atoms with van der Waals surface area (Å²) in [5.41, 5.74) is 2.54. The number of hydrogen-bond acceptors (Lipinski definition) is 2.